The van der Waals surface area contributed by atoms with Gasteiger partial charge < -0.3 is 14.2 Å². The third-order valence-electron chi connectivity index (χ3n) is 5.62. The number of methoxy groups -OCH3 is 1. The summed E-state index contributed by atoms with van der Waals surface area (Å²) in [5.41, 5.74) is 1.26. The number of tetrazole rings is 1. The van der Waals surface area contributed by atoms with Gasteiger partial charge in [0.1, 0.15) is 0 Å². The molecule has 1 atom stereocenters. The van der Waals surface area contributed by atoms with Crippen LogP contribution in [0.25, 0.3) is 0 Å². The molecule has 4 rings (SSSR count). The second-order valence-corrected chi connectivity index (χ2v) is 7.56. The first-order valence-electron chi connectivity index (χ1n) is 10.4. The van der Waals surface area contributed by atoms with Crippen molar-refractivity contribution in [3.63, 3.8) is 0 Å². The van der Waals surface area contributed by atoms with Gasteiger partial charge in [0.2, 0.25) is 6.79 Å². The van der Waals surface area contributed by atoms with E-state index in [4.69, 9.17) is 14.2 Å². The van der Waals surface area contributed by atoms with Gasteiger partial charge in [0.15, 0.2) is 17.3 Å². The number of piperazine rings is 1. The first-order valence-corrected chi connectivity index (χ1v) is 10.4. The number of halogens is 1. The summed E-state index contributed by atoms with van der Waals surface area (Å²) in [6, 6.07) is 6.48. The zero-order valence-electron chi connectivity index (χ0n) is 17.7. The number of fused-ring (bicyclic) bond motifs is 1. The molecule has 1 aromatic carbocycles. The van der Waals surface area contributed by atoms with Gasteiger partial charge in [-0.2, -0.15) is 0 Å². The minimum absolute atomic E-state index is 0. The van der Waals surface area contributed by atoms with Gasteiger partial charge in [-0.15, -0.1) is 17.5 Å². The molecule has 0 saturated carbocycles. The van der Waals surface area contributed by atoms with E-state index >= 15 is 0 Å². The standard InChI is InChI=1S/C20H30N6O3.ClH/c1-3-4-17(20-21-22-23-26(20)11-12-27-2)25-9-7-24(8-10-25)14-16-5-6-18-19(13-16)29-15-28-18;/h5-6,13,17H,3-4,7-12,14-15H2,1-2H3;1H. The average Bonchev–Trinajstić information content (AvgIpc) is 3.40. The van der Waals surface area contributed by atoms with Crippen molar-refractivity contribution in [3.8, 4) is 11.5 Å². The highest BCUT2D eigenvalue weighted by molar-refractivity contribution is 5.85. The van der Waals surface area contributed by atoms with E-state index in [-0.39, 0.29) is 18.4 Å². The number of ether oxygens (including phenoxy) is 3. The van der Waals surface area contributed by atoms with Crippen LogP contribution < -0.4 is 9.47 Å². The third kappa shape index (κ3) is 5.21. The molecule has 2 aliphatic heterocycles. The summed E-state index contributed by atoms with van der Waals surface area (Å²) in [7, 11) is 1.70. The average molecular weight is 439 g/mol. The number of hydrogen-bond donors (Lipinski definition) is 0. The molecule has 2 aliphatic rings. The van der Waals surface area contributed by atoms with Crippen molar-refractivity contribution < 1.29 is 14.2 Å². The SMILES string of the molecule is CCCC(c1nnnn1CCOC)N1CCN(Cc2ccc3c(c2)OCO3)CC1.Cl. The molecule has 1 fully saturated rings. The molecule has 1 aromatic heterocycles. The summed E-state index contributed by atoms with van der Waals surface area (Å²) in [4.78, 5) is 5.01. The normalized spacial score (nSPS) is 17.7. The smallest absolute Gasteiger partial charge is 0.231 e. The van der Waals surface area contributed by atoms with Crippen molar-refractivity contribution >= 4 is 12.4 Å². The molecular formula is C20H31ClN6O3. The van der Waals surface area contributed by atoms with Crippen molar-refractivity contribution in [3.05, 3.63) is 29.6 Å². The molecule has 0 amide bonds. The van der Waals surface area contributed by atoms with Gasteiger partial charge in [-0.05, 0) is 34.5 Å². The second kappa shape index (κ2) is 10.9. The Bertz CT molecular complexity index is 797. The summed E-state index contributed by atoms with van der Waals surface area (Å²) >= 11 is 0. The predicted octanol–water partition coefficient (Wildman–Crippen LogP) is 2.13. The molecular weight excluding hydrogens is 408 g/mol. The monoisotopic (exact) mass is 438 g/mol. The zero-order valence-corrected chi connectivity index (χ0v) is 18.5. The Balaban J connectivity index is 0.00000256. The molecule has 30 heavy (non-hydrogen) atoms. The molecule has 166 valence electrons. The lowest BCUT2D eigenvalue weighted by atomic mass is 10.1. The quantitative estimate of drug-likeness (QED) is 0.589. The van der Waals surface area contributed by atoms with Crippen molar-refractivity contribution in [2.45, 2.75) is 38.9 Å². The number of hydrogen-bond acceptors (Lipinski definition) is 8. The minimum Gasteiger partial charge on any atom is -0.454 e. The summed E-state index contributed by atoms with van der Waals surface area (Å²) < 4.78 is 18.0. The van der Waals surface area contributed by atoms with Crippen LogP contribution in [0, 0.1) is 0 Å². The van der Waals surface area contributed by atoms with Crippen LogP contribution in [0.4, 0.5) is 0 Å². The van der Waals surface area contributed by atoms with Crippen LogP contribution in [0.1, 0.15) is 37.2 Å². The summed E-state index contributed by atoms with van der Waals surface area (Å²) in [5.74, 6) is 2.65. The fourth-order valence-corrected chi connectivity index (χ4v) is 4.07. The third-order valence-corrected chi connectivity index (χ3v) is 5.62. The summed E-state index contributed by atoms with van der Waals surface area (Å²) in [6.45, 7) is 8.81. The van der Waals surface area contributed by atoms with Gasteiger partial charge in [0, 0.05) is 39.8 Å². The van der Waals surface area contributed by atoms with Crippen molar-refractivity contribution in [2.75, 3.05) is 46.7 Å². The Morgan fingerprint density at radius 3 is 2.70 bits per heavy atom. The molecule has 2 aromatic rings. The van der Waals surface area contributed by atoms with Crippen molar-refractivity contribution in [1.82, 2.24) is 30.0 Å². The lowest BCUT2D eigenvalue weighted by Crippen LogP contribution is -2.47. The van der Waals surface area contributed by atoms with Crippen LogP contribution in [0.5, 0.6) is 11.5 Å². The van der Waals surface area contributed by atoms with E-state index in [1.165, 1.54) is 5.56 Å². The van der Waals surface area contributed by atoms with Gasteiger partial charge in [-0.3, -0.25) is 9.80 Å². The maximum absolute atomic E-state index is 5.51. The summed E-state index contributed by atoms with van der Waals surface area (Å²) in [5, 5.41) is 12.4. The molecule has 0 aliphatic carbocycles. The van der Waals surface area contributed by atoms with Gasteiger partial charge >= 0.3 is 0 Å². The molecule has 1 unspecified atom stereocenters. The number of rotatable bonds is 9. The van der Waals surface area contributed by atoms with E-state index < -0.39 is 0 Å². The number of nitrogens with zero attached hydrogens (tertiary/aromatic N) is 6. The Hall–Kier alpha value is -1.94. The van der Waals surface area contributed by atoms with Crippen LogP contribution in [0.15, 0.2) is 18.2 Å². The van der Waals surface area contributed by atoms with E-state index in [1.807, 2.05) is 10.7 Å². The van der Waals surface area contributed by atoms with E-state index in [0.717, 1.165) is 62.9 Å². The van der Waals surface area contributed by atoms with Crippen LogP contribution in [-0.4, -0.2) is 76.7 Å². The molecule has 0 radical (unpaired) electrons. The van der Waals surface area contributed by atoms with E-state index in [0.29, 0.717) is 19.9 Å². The summed E-state index contributed by atoms with van der Waals surface area (Å²) in [6.07, 6.45) is 2.15. The topological polar surface area (TPSA) is 77.8 Å². The molecule has 10 heteroatoms. The van der Waals surface area contributed by atoms with Gasteiger partial charge in [0.25, 0.3) is 0 Å². The zero-order chi connectivity index (χ0) is 20.1. The van der Waals surface area contributed by atoms with Crippen molar-refractivity contribution in [1.29, 1.82) is 0 Å². The van der Waals surface area contributed by atoms with Crippen molar-refractivity contribution in [2.24, 2.45) is 0 Å². The molecule has 1 saturated heterocycles. The first-order chi connectivity index (χ1) is 14.3. The fraction of sp³-hybridized carbons (Fsp3) is 0.650. The molecule has 0 bridgehead atoms. The van der Waals surface area contributed by atoms with Gasteiger partial charge in [-0.1, -0.05) is 19.4 Å². The largest absolute Gasteiger partial charge is 0.454 e. The van der Waals surface area contributed by atoms with Crippen LogP contribution in [-0.2, 0) is 17.8 Å². The maximum atomic E-state index is 5.51. The van der Waals surface area contributed by atoms with Crippen LogP contribution >= 0.6 is 12.4 Å². The van der Waals surface area contributed by atoms with E-state index in [9.17, 15) is 0 Å². The van der Waals surface area contributed by atoms with E-state index in [2.05, 4.69) is 44.4 Å². The molecule has 9 nitrogen and oxygen atoms in total. The first kappa shape index (κ1) is 22.7. The van der Waals surface area contributed by atoms with E-state index in [1.54, 1.807) is 7.11 Å². The maximum Gasteiger partial charge on any atom is 0.231 e. The Kier molecular flexibility index (Phi) is 8.26. The predicted molar refractivity (Wildman–Crippen MR) is 114 cm³/mol. The van der Waals surface area contributed by atoms with Crippen LogP contribution in [0.3, 0.4) is 0 Å². The molecule has 0 spiro atoms. The molecule has 0 N–H and O–H groups in total. The molecule has 3 heterocycles. The van der Waals surface area contributed by atoms with Crippen LogP contribution in [0.2, 0.25) is 0 Å². The Morgan fingerprint density at radius 2 is 1.93 bits per heavy atom. The highest BCUT2D eigenvalue weighted by Gasteiger charge is 2.28. The number of aromatic nitrogens is 4. The Labute approximate surface area is 183 Å². The Morgan fingerprint density at radius 1 is 1.13 bits per heavy atom. The van der Waals surface area contributed by atoms with Gasteiger partial charge in [0.05, 0.1) is 19.2 Å². The number of benzene rings is 1. The fourth-order valence-electron chi connectivity index (χ4n) is 4.07. The lowest BCUT2D eigenvalue weighted by molar-refractivity contribution is 0.0807. The van der Waals surface area contributed by atoms with Gasteiger partial charge in [-0.25, -0.2) is 4.68 Å². The minimum atomic E-state index is 0. The highest BCUT2D eigenvalue weighted by Crippen LogP contribution is 2.33. The second-order valence-electron chi connectivity index (χ2n) is 7.56. The lowest BCUT2D eigenvalue weighted by Gasteiger charge is -2.38. The highest BCUT2D eigenvalue weighted by atomic mass is 35.5.